The predicted molar refractivity (Wildman–Crippen MR) is 86.0 cm³/mol. The molecule has 1 aromatic heterocycles. The monoisotopic (exact) mass is 333 g/mol. The number of anilines is 1. The van der Waals surface area contributed by atoms with Gasteiger partial charge in [-0.15, -0.1) is 0 Å². The smallest absolute Gasteiger partial charge is 0.349 e. The van der Waals surface area contributed by atoms with Crippen molar-refractivity contribution in [3.05, 3.63) is 58.6 Å². The van der Waals surface area contributed by atoms with Gasteiger partial charge in [-0.3, -0.25) is 15.3 Å². The molecule has 8 heteroatoms. The minimum atomic E-state index is -0.495. The van der Waals surface area contributed by atoms with Crippen LogP contribution in [-0.4, -0.2) is 40.5 Å². The fraction of sp³-hybridized carbons (Fsp3) is 0.312. The summed E-state index contributed by atoms with van der Waals surface area (Å²) in [4.78, 5) is 27.2. The average molecular weight is 333 g/mol. The summed E-state index contributed by atoms with van der Waals surface area (Å²) in [5.74, 6) is -0.341. The van der Waals surface area contributed by atoms with Crippen molar-refractivity contribution in [1.29, 1.82) is 0 Å². The van der Waals surface area contributed by atoms with Gasteiger partial charge >= 0.3 is 11.7 Å². The summed E-state index contributed by atoms with van der Waals surface area (Å²) in [5.41, 5.74) is 1.79. The number of esters is 1. The predicted octanol–water partition coefficient (Wildman–Crippen LogP) is 1.31. The Bertz CT molecular complexity index is 717. The molecule has 0 aliphatic heterocycles. The van der Waals surface area contributed by atoms with Gasteiger partial charge in [-0.05, 0) is 24.6 Å². The molecule has 0 aliphatic carbocycles. The first-order valence-electron chi connectivity index (χ1n) is 7.36. The molecule has 1 aromatic carbocycles. The van der Waals surface area contributed by atoms with Crippen LogP contribution in [0.5, 0.6) is 0 Å². The fourth-order valence-electron chi connectivity index (χ4n) is 2.04. The van der Waals surface area contributed by atoms with Crippen LogP contribution in [0.1, 0.15) is 16.8 Å². The van der Waals surface area contributed by atoms with Gasteiger partial charge in [0.2, 0.25) is 0 Å². The van der Waals surface area contributed by atoms with E-state index in [0.29, 0.717) is 18.5 Å². The number of hydrogen-bond acceptors (Lipinski definition) is 7. The zero-order valence-electron chi connectivity index (χ0n) is 13.2. The van der Waals surface area contributed by atoms with Gasteiger partial charge in [0.05, 0.1) is 11.7 Å². The number of nitrogens with one attached hydrogen (secondary N) is 1. The van der Waals surface area contributed by atoms with Crippen LogP contribution in [0.3, 0.4) is 0 Å². The Kier molecular flexibility index (Phi) is 6.47. The third-order valence-electron chi connectivity index (χ3n) is 3.42. The Labute approximate surface area is 138 Å². The molecule has 2 aromatic rings. The Morgan fingerprint density at radius 3 is 2.71 bits per heavy atom. The minimum Gasteiger partial charge on any atom is -0.459 e. The van der Waals surface area contributed by atoms with E-state index in [0.717, 1.165) is 0 Å². The van der Waals surface area contributed by atoms with Crippen molar-refractivity contribution < 1.29 is 19.5 Å². The van der Waals surface area contributed by atoms with Crippen molar-refractivity contribution in [2.75, 3.05) is 19.2 Å². The lowest BCUT2D eigenvalue weighted by molar-refractivity contribution is 0.00651. The number of aryl methyl sites for hydroxylation is 1. The van der Waals surface area contributed by atoms with Crippen LogP contribution in [0, 0.1) is 0 Å². The lowest BCUT2D eigenvalue weighted by atomic mass is 10.2. The second-order valence-electron chi connectivity index (χ2n) is 5.01. The topological polar surface area (TPSA) is 103 Å². The van der Waals surface area contributed by atoms with Crippen molar-refractivity contribution in [3.63, 3.8) is 0 Å². The van der Waals surface area contributed by atoms with Crippen LogP contribution in [0.4, 0.5) is 5.82 Å². The average Bonchev–Trinajstić information content (AvgIpc) is 2.63. The SMILES string of the molecule is COC(CCn1ccc(NO)nc1=O)COC(=O)c1ccccc1. The molecule has 0 bridgehead atoms. The Morgan fingerprint density at radius 1 is 1.33 bits per heavy atom. The van der Waals surface area contributed by atoms with Gasteiger partial charge in [0, 0.05) is 19.9 Å². The molecular formula is C16H19N3O5. The van der Waals surface area contributed by atoms with Gasteiger partial charge in [0.1, 0.15) is 6.61 Å². The summed E-state index contributed by atoms with van der Waals surface area (Å²) in [6, 6.07) is 10.2. The first-order valence-corrected chi connectivity index (χ1v) is 7.36. The molecule has 24 heavy (non-hydrogen) atoms. The highest BCUT2D eigenvalue weighted by Gasteiger charge is 2.13. The number of hydrogen-bond donors (Lipinski definition) is 2. The zero-order chi connectivity index (χ0) is 17.4. The van der Waals surface area contributed by atoms with Crippen molar-refractivity contribution in [2.24, 2.45) is 0 Å². The summed E-state index contributed by atoms with van der Waals surface area (Å²) in [6.45, 7) is 0.432. The second-order valence-corrected chi connectivity index (χ2v) is 5.01. The van der Waals surface area contributed by atoms with Crippen LogP contribution in [-0.2, 0) is 16.0 Å². The van der Waals surface area contributed by atoms with Crippen LogP contribution < -0.4 is 11.2 Å². The summed E-state index contributed by atoms with van der Waals surface area (Å²) in [6.07, 6.45) is 1.63. The van der Waals surface area contributed by atoms with Crippen LogP contribution >= 0.6 is 0 Å². The molecular weight excluding hydrogens is 314 g/mol. The maximum Gasteiger partial charge on any atom is 0.349 e. The van der Waals surface area contributed by atoms with E-state index in [4.69, 9.17) is 14.7 Å². The number of benzene rings is 1. The molecule has 0 fully saturated rings. The summed E-state index contributed by atoms with van der Waals surface area (Å²) in [5, 5.41) is 8.70. The lowest BCUT2D eigenvalue weighted by Crippen LogP contribution is -2.27. The molecule has 0 saturated heterocycles. The number of methoxy groups -OCH3 is 1. The van der Waals surface area contributed by atoms with E-state index < -0.39 is 11.7 Å². The zero-order valence-corrected chi connectivity index (χ0v) is 13.2. The molecule has 1 unspecified atom stereocenters. The number of ether oxygens (including phenoxy) is 2. The van der Waals surface area contributed by atoms with Crippen molar-refractivity contribution in [2.45, 2.75) is 19.1 Å². The van der Waals surface area contributed by atoms with E-state index >= 15 is 0 Å². The van der Waals surface area contributed by atoms with Gasteiger partial charge in [-0.1, -0.05) is 18.2 Å². The highest BCUT2D eigenvalue weighted by Crippen LogP contribution is 2.05. The molecule has 0 spiro atoms. The van der Waals surface area contributed by atoms with Crippen molar-refractivity contribution >= 4 is 11.8 Å². The lowest BCUT2D eigenvalue weighted by Gasteiger charge is -2.16. The first kappa shape index (κ1) is 17.6. The number of carbonyl (C=O) groups is 1. The quantitative estimate of drug-likeness (QED) is 0.554. The third-order valence-corrected chi connectivity index (χ3v) is 3.42. The van der Waals surface area contributed by atoms with E-state index in [1.165, 1.54) is 23.9 Å². The van der Waals surface area contributed by atoms with Gasteiger partial charge in [-0.25, -0.2) is 9.59 Å². The molecule has 0 amide bonds. The van der Waals surface area contributed by atoms with Crippen molar-refractivity contribution in [3.8, 4) is 0 Å². The number of rotatable bonds is 8. The molecule has 2 rings (SSSR count). The fourth-order valence-corrected chi connectivity index (χ4v) is 2.04. The molecule has 0 saturated carbocycles. The van der Waals surface area contributed by atoms with Crippen LogP contribution in [0.15, 0.2) is 47.4 Å². The van der Waals surface area contributed by atoms with Crippen LogP contribution in [0.25, 0.3) is 0 Å². The number of aromatic nitrogens is 2. The molecule has 0 aliphatic rings. The highest BCUT2D eigenvalue weighted by molar-refractivity contribution is 5.89. The van der Waals surface area contributed by atoms with E-state index in [9.17, 15) is 9.59 Å². The molecule has 1 atom stereocenters. The summed E-state index contributed by atoms with van der Waals surface area (Å²) < 4.78 is 11.9. The molecule has 8 nitrogen and oxygen atoms in total. The molecule has 1 heterocycles. The number of carbonyl (C=O) groups excluding carboxylic acids is 1. The van der Waals surface area contributed by atoms with Gasteiger partial charge in [0.25, 0.3) is 0 Å². The minimum absolute atomic E-state index is 0.0799. The third kappa shape index (κ3) is 4.90. The molecule has 2 N–H and O–H groups in total. The van der Waals surface area contributed by atoms with E-state index in [-0.39, 0.29) is 18.5 Å². The molecule has 0 radical (unpaired) electrons. The van der Waals surface area contributed by atoms with Gasteiger partial charge < -0.3 is 9.47 Å². The first-order chi connectivity index (χ1) is 11.6. The largest absolute Gasteiger partial charge is 0.459 e. The maximum atomic E-state index is 11.9. The Morgan fingerprint density at radius 2 is 2.08 bits per heavy atom. The van der Waals surface area contributed by atoms with Crippen LogP contribution in [0.2, 0.25) is 0 Å². The van der Waals surface area contributed by atoms with Gasteiger partial charge in [0.15, 0.2) is 5.82 Å². The highest BCUT2D eigenvalue weighted by atomic mass is 16.6. The Hall–Kier alpha value is -2.71. The molecule has 128 valence electrons. The Balaban J connectivity index is 1.86. The van der Waals surface area contributed by atoms with E-state index in [2.05, 4.69) is 4.98 Å². The standard InChI is InChI=1S/C16H19N3O5/c1-23-13(11-24-15(20)12-5-3-2-4-6-12)7-9-19-10-8-14(18-22)17-16(19)21/h2-6,8,10,13,22H,7,9,11H2,1H3,(H,17,18,21). The maximum absolute atomic E-state index is 11.9. The van der Waals surface area contributed by atoms with Crippen molar-refractivity contribution in [1.82, 2.24) is 9.55 Å². The normalized spacial score (nSPS) is 11.8. The summed E-state index contributed by atoms with van der Waals surface area (Å²) >= 11 is 0. The second kappa shape index (κ2) is 8.80. The van der Waals surface area contributed by atoms with E-state index in [1.807, 2.05) is 11.5 Å². The number of nitrogens with zero attached hydrogens (tertiary/aromatic N) is 2. The van der Waals surface area contributed by atoms with Gasteiger partial charge in [-0.2, -0.15) is 4.98 Å². The van der Waals surface area contributed by atoms with E-state index in [1.54, 1.807) is 24.3 Å². The summed E-state index contributed by atoms with van der Waals surface area (Å²) in [7, 11) is 1.51.